The summed E-state index contributed by atoms with van der Waals surface area (Å²) in [7, 11) is 0. The van der Waals surface area contributed by atoms with Crippen molar-refractivity contribution in [3.05, 3.63) is 54.2 Å². The second kappa shape index (κ2) is 6.65. The number of amides is 2. The molecular formula is C16H17N3O2. The fraction of sp³-hybridized carbons (Fsp3) is 0.188. The SMILES string of the molecule is CC[C@H](NC(=O)c1cccc(-c2ccccc2)n1)C(N)=O. The molecular weight excluding hydrogens is 266 g/mol. The minimum atomic E-state index is -0.681. The Morgan fingerprint density at radius 1 is 1.14 bits per heavy atom. The second-order valence-electron chi connectivity index (χ2n) is 4.61. The van der Waals surface area contributed by atoms with Gasteiger partial charge in [0, 0.05) is 5.56 Å². The van der Waals surface area contributed by atoms with E-state index in [0.29, 0.717) is 12.1 Å². The van der Waals surface area contributed by atoms with Crippen LogP contribution in [0.5, 0.6) is 0 Å². The number of nitrogens with zero attached hydrogens (tertiary/aromatic N) is 1. The molecule has 0 saturated heterocycles. The maximum atomic E-state index is 12.1. The number of pyridine rings is 1. The number of rotatable bonds is 5. The van der Waals surface area contributed by atoms with Crippen LogP contribution < -0.4 is 11.1 Å². The van der Waals surface area contributed by atoms with Crippen molar-refractivity contribution in [3.8, 4) is 11.3 Å². The van der Waals surface area contributed by atoms with Crippen LogP contribution in [0.4, 0.5) is 0 Å². The highest BCUT2D eigenvalue weighted by Gasteiger charge is 2.17. The number of nitrogens with two attached hydrogens (primary N) is 1. The molecule has 1 aromatic heterocycles. The monoisotopic (exact) mass is 283 g/mol. The molecule has 0 bridgehead atoms. The minimum absolute atomic E-state index is 0.260. The molecule has 0 radical (unpaired) electrons. The number of carbonyl (C=O) groups excluding carboxylic acids is 2. The lowest BCUT2D eigenvalue weighted by atomic mass is 10.1. The molecule has 2 amide bonds. The number of hydrogen-bond acceptors (Lipinski definition) is 3. The van der Waals surface area contributed by atoms with Crippen molar-refractivity contribution in [2.24, 2.45) is 5.73 Å². The summed E-state index contributed by atoms with van der Waals surface area (Å²) in [5.41, 5.74) is 7.11. The largest absolute Gasteiger partial charge is 0.368 e. The highest BCUT2D eigenvalue weighted by molar-refractivity contribution is 5.96. The Bertz CT molecular complexity index is 641. The van der Waals surface area contributed by atoms with E-state index in [-0.39, 0.29) is 5.69 Å². The lowest BCUT2D eigenvalue weighted by Gasteiger charge is -2.13. The third kappa shape index (κ3) is 3.66. The van der Waals surface area contributed by atoms with Crippen LogP contribution in [-0.2, 0) is 4.79 Å². The van der Waals surface area contributed by atoms with Crippen molar-refractivity contribution in [3.63, 3.8) is 0 Å². The summed E-state index contributed by atoms with van der Waals surface area (Å²) >= 11 is 0. The number of carbonyl (C=O) groups is 2. The van der Waals surface area contributed by atoms with Gasteiger partial charge in [-0.2, -0.15) is 0 Å². The molecule has 1 aromatic carbocycles. The van der Waals surface area contributed by atoms with Gasteiger partial charge in [-0.05, 0) is 18.6 Å². The van der Waals surface area contributed by atoms with Crippen LogP contribution in [-0.4, -0.2) is 22.8 Å². The summed E-state index contributed by atoms with van der Waals surface area (Å²) in [6.45, 7) is 1.78. The average molecular weight is 283 g/mol. The standard InChI is InChI=1S/C16H17N3O2/c1-2-12(15(17)20)19-16(21)14-10-6-9-13(18-14)11-7-4-3-5-8-11/h3-10,12H,2H2,1H3,(H2,17,20)(H,19,21)/t12-/m0/s1. The average Bonchev–Trinajstić information content (AvgIpc) is 2.53. The van der Waals surface area contributed by atoms with Gasteiger partial charge in [-0.1, -0.05) is 43.3 Å². The summed E-state index contributed by atoms with van der Waals surface area (Å²) in [5, 5.41) is 2.59. The molecule has 5 nitrogen and oxygen atoms in total. The topological polar surface area (TPSA) is 85.1 Å². The Hall–Kier alpha value is -2.69. The molecule has 2 aromatic rings. The van der Waals surface area contributed by atoms with Gasteiger partial charge in [0.1, 0.15) is 11.7 Å². The summed E-state index contributed by atoms with van der Waals surface area (Å²) in [4.78, 5) is 27.6. The predicted molar refractivity (Wildman–Crippen MR) is 80.4 cm³/mol. The van der Waals surface area contributed by atoms with Crippen LogP contribution in [0.1, 0.15) is 23.8 Å². The van der Waals surface area contributed by atoms with E-state index >= 15 is 0 Å². The van der Waals surface area contributed by atoms with Crippen molar-refractivity contribution >= 4 is 11.8 Å². The molecule has 5 heteroatoms. The molecule has 0 spiro atoms. The molecule has 1 heterocycles. The number of benzene rings is 1. The summed E-state index contributed by atoms with van der Waals surface area (Å²) in [6.07, 6.45) is 0.444. The van der Waals surface area contributed by atoms with E-state index in [2.05, 4.69) is 10.3 Å². The van der Waals surface area contributed by atoms with E-state index in [4.69, 9.17) is 5.73 Å². The Balaban J connectivity index is 2.21. The van der Waals surface area contributed by atoms with Crippen molar-refractivity contribution in [1.29, 1.82) is 0 Å². The molecule has 0 aliphatic carbocycles. The van der Waals surface area contributed by atoms with Gasteiger partial charge in [-0.3, -0.25) is 9.59 Å². The van der Waals surface area contributed by atoms with Gasteiger partial charge in [-0.25, -0.2) is 4.98 Å². The third-order valence-electron chi connectivity index (χ3n) is 3.11. The first-order valence-corrected chi connectivity index (χ1v) is 6.74. The molecule has 108 valence electrons. The van der Waals surface area contributed by atoms with E-state index in [1.807, 2.05) is 36.4 Å². The molecule has 0 aliphatic rings. The number of primary amides is 1. The number of aromatic nitrogens is 1. The van der Waals surface area contributed by atoms with Crippen molar-refractivity contribution in [2.45, 2.75) is 19.4 Å². The Labute approximate surface area is 123 Å². The fourth-order valence-electron chi connectivity index (χ4n) is 1.94. The highest BCUT2D eigenvalue weighted by atomic mass is 16.2. The first-order valence-electron chi connectivity index (χ1n) is 6.74. The lowest BCUT2D eigenvalue weighted by Crippen LogP contribution is -2.44. The first kappa shape index (κ1) is 14.7. The van der Waals surface area contributed by atoms with Crippen LogP contribution >= 0.6 is 0 Å². The zero-order chi connectivity index (χ0) is 15.2. The van der Waals surface area contributed by atoms with Crippen molar-refractivity contribution < 1.29 is 9.59 Å². The van der Waals surface area contributed by atoms with Gasteiger partial charge < -0.3 is 11.1 Å². The van der Waals surface area contributed by atoms with Crippen LogP contribution in [0.15, 0.2) is 48.5 Å². The van der Waals surface area contributed by atoms with Crippen molar-refractivity contribution in [1.82, 2.24) is 10.3 Å². The minimum Gasteiger partial charge on any atom is -0.368 e. The molecule has 0 fully saturated rings. The molecule has 21 heavy (non-hydrogen) atoms. The normalized spacial score (nSPS) is 11.7. The third-order valence-corrected chi connectivity index (χ3v) is 3.11. The second-order valence-corrected chi connectivity index (χ2v) is 4.61. The van der Waals surface area contributed by atoms with E-state index in [0.717, 1.165) is 5.56 Å². The summed E-state index contributed by atoms with van der Waals surface area (Å²) in [6, 6.07) is 14.1. The molecule has 1 atom stereocenters. The van der Waals surface area contributed by atoms with E-state index < -0.39 is 17.9 Å². The lowest BCUT2D eigenvalue weighted by molar-refractivity contribution is -0.119. The Morgan fingerprint density at radius 3 is 2.48 bits per heavy atom. The first-order chi connectivity index (χ1) is 10.1. The van der Waals surface area contributed by atoms with E-state index in [9.17, 15) is 9.59 Å². The quantitative estimate of drug-likeness (QED) is 0.876. The van der Waals surface area contributed by atoms with Crippen LogP contribution in [0.2, 0.25) is 0 Å². The maximum Gasteiger partial charge on any atom is 0.270 e. The molecule has 0 saturated carbocycles. The highest BCUT2D eigenvalue weighted by Crippen LogP contribution is 2.16. The van der Waals surface area contributed by atoms with Crippen molar-refractivity contribution in [2.75, 3.05) is 0 Å². The van der Waals surface area contributed by atoms with Crippen LogP contribution in [0, 0.1) is 0 Å². The van der Waals surface area contributed by atoms with Gasteiger partial charge >= 0.3 is 0 Å². The zero-order valence-corrected chi connectivity index (χ0v) is 11.7. The summed E-state index contributed by atoms with van der Waals surface area (Å²) in [5.74, 6) is -0.955. The van der Waals surface area contributed by atoms with Gasteiger partial charge in [0.05, 0.1) is 5.69 Å². The van der Waals surface area contributed by atoms with Crippen LogP contribution in [0.3, 0.4) is 0 Å². The van der Waals surface area contributed by atoms with Crippen LogP contribution in [0.25, 0.3) is 11.3 Å². The number of hydrogen-bond donors (Lipinski definition) is 2. The van der Waals surface area contributed by atoms with E-state index in [1.165, 1.54) is 0 Å². The van der Waals surface area contributed by atoms with Gasteiger partial charge in [0.25, 0.3) is 5.91 Å². The Kier molecular flexibility index (Phi) is 4.66. The molecule has 3 N–H and O–H groups in total. The smallest absolute Gasteiger partial charge is 0.270 e. The predicted octanol–water partition coefficient (Wildman–Crippen LogP) is 1.74. The van der Waals surface area contributed by atoms with E-state index in [1.54, 1.807) is 19.1 Å². The molecule has 2 rings (SSSR count). The zero-order valence-electron chi connectivity index (χ0n) is 11.7. The maximum absolute atomic E-state index is 12.1. The Morgan fingerprint density at radius 2 is 1.86 bits per heavy atom. The van der Waals surface area contributed by atoms with Gasteiger partial charge in [0.15, 0.2) is 0 Å². The van der Waals surface area contributed by atoms with Gasteiger partial charge in [-0.15, -0.1) is 0 Å². The fourth-order valence-corrected chi connectivity index (χ4v) is 1.94. The molecule has 0 unspecified atom stereocenters. The number of nitrogens with one attached hydrogen (secondary N) is 1. The molecule has 0 aliphatic heterocycles. The summed E-state index contributed by atoms with van der Waals surface area (Å²) < 4.78 is 0. The van der Waals surface area contributed by atoms with Gasteiger partial charge in [0.2, 0.25) is 5.91 Å².